The molecule has 0 spiro atoms. The van der Waals surface area contributed by atoms with Crippen molar-refractivity contribution in [1.29, 1.82) is 0 Å². The van der Waals surface area contributed by atoms with E-state index >= 15 is 0 Å². The Balaban J connectivity index is 1.66. The minimum Gasteiger partial charge on any atom is -0.465 e. The number of anilines is 2. The van der Waals surface area contributed by atoms with Crippen LogP contribution in [0.25, 0.3) is 0 Å². The quantitative estimate of drug-likeness (QED) is 0.798. The number of rotatable bonds is 5. The molecule has 1 aromatic heterocycles. The Labute approximate surface area is 153 Å². The Morgan fingerprint density at radius 1 is 1.08 bits per heavy atom. The van der Waals surface area contributed by atoms with Gasteiger partial charge in [0.2, 0.25) is 0 Å². The number of para-hydroxylation sites is 1. The van der Waals surface area contributed by atoms with Gasteiger partial charge in [0.05, 0.1) is 23.9 Å². The minimum atomic E-state index is -0.494. The van der Waals surface area contributed by atoms with Gasteiger partial charge in [-0.25, -0.2) is 9.78 Å². The first-order valence-corrected chi connectivity index (χ1v) is 8.88. The lowest BCUT2D eigenvalue weighted by molar-refractivity contribution is 0.0602. The molecule has 0 radical (unpaired) electrons. The van der Waals surface area contributed by atoms with Crippen molar-refractivity contribution in [3.05, 3.63) is 53.7 Å². The monoisotopic (exact) mass is 353 g/mol. The third-order valence-electron chi connectivity index (χ3n) is 4.56. The largest absolute Gasteiger partial charge is 0.465 e. The van der Waals surface area contributed by atoms with E-state index in [-0.39, 0.29) is 5.91 Å². The van der Waals surface area contributed by atoms with E-state index in [9.17, 15) is 9.59 Å². The second kappa shape index (κ2) is 8.47. The Morgan fingerprint density at radius 3 is 2.54 bits per heavy atom. The molecule has 1 heterocycles. The highest BCUT2D eigenvalue weighted by Crippen LogP contribution is 2.21. The Morgan fingerprint density at radius 2 is 1.85 bits per heavy atom. The van der Waals surface area contributed by atoms with Crippen LogP contribution in [0, 0.1) is 0 Å². The highest BCUT2D eigenvalue weighted by molar-refractivity contribution is 6.07. The third kappa shape index (κ3) is 4.39. The van der Waals surface area contributed by atoms with Gasteiger partial charge in [0.1, 0.15) is 5.82 Å². The fraction of sp³-hybridized carbons (Fsp3) is 0.350. The number of benzene rings is 1. The number of carbonyl (C=O) groups is 2. The average Bonchev–Trinajstić information content (AvgIpc) is 2.69. The van der Waals surface area contributed by atoms with E-state index in [1.165, 1.54) is 26.4 Å². The number of nitrogens with zero attached hydrogens (tertiary/aromatic N) is 1. The van der Waals surface area contributed by atoms with Gasteiger partial charge in [-0.15, -0.1) is 0 Å². The smallest absolute Gasteiger partial charge is 0.339 e. The van der Waals surface area contributed by atoms with Gasteiger partial charge < -0.3 is 15.4 Å². The molecule has 1 saturated carbocycles. The summed E-state index contributed by atoms with van der Waals surface area (Å²) in [6.07, 6.45) is 7.66. The molecule has 0 bridgehead atoms. The average molecular weight is 353 g/mol. The molecule has 0 unspecified atom stereocenters. The van der Waals surface area contributed by atoms with Crippen molar-refractivity contribution in [2.45, 2.75) is 38.1 Å². The second-order valence-corrected chi connectivity index (χ2v) is 6.40. The van der Waals surface area contributed by atoms with Gasteiger partial charge in [-0.3, -0.25) is 4.79 Å². The van der Waals surface area contributed by atoms with Crippen molar-refractivity contribution < 1.29 is 14.3 Å². The van der Waals surface area contributed by atoms with Crippen LogP contribution in [0.5, 0.6) is 0 Å². The van der Waals surface area contributed by atoms with Gasteiger partial charge in [-0.2, -0.15) is 0 Å². The van der Waals surface area contributed by atoms with Crippen LogP contribution in [0.15, 0.2) is 42.6 Å². The lowest BCUT2D eigenvalue weighted by Gasteiger charge is -2.23. The summed E-state index contributed by atoms with van der Waals surface area (Å²) in [6.45, 7) is 0. The van der Waals surface area contributed by atoms with Gasteiger partial charge in [0.15, 0.2) is 0 Å². The molecule has 2 N–H and O–H groups in total. The molecule has 1 aliphatic rings. The minimum absolute atomic E-state index is 0.312. The standard InChI is InChI=1S/C20H23N3O3/c1-26-20(25)16-9-5-6-10-17(16)23-19(24)14-11-12-18(21-13-14)22-15-7-3-2-4-8-15/h5-6,9-13,15H,2-4,7-8H2,1H3,(H,21,22)(H,23,24). The van der Waals surface area contributed by atoms with Crippen LogP contribution in [0.2, 0.25) is 0 Å². The van der Waals surface area contributed by atoms with Crippen LogP contribution in [0.1, 0.15) is 52.8 Å². The first kappa shape index (κ1) is 17.9. The van der Waals surface area contributed by atoms with E-state index in [4.69, 9.17) is 4.74 Å². The molecule has 6 nitrogen and oxygen atoms in total. The predicted molar refractivity (Wildman–Crippen MR) is 100 cm³/mol. The molecular weight excluding hydrogens is 330 g/mol. The molecule has 1 fully saturated rings. The zero-order valence-electron chi connectivity index (χ0n) is 14.8. The SMILES string of the molecule is COC(=O)c1ccccc1NC(=O)c1ccc(NC2CCCCC2)nc1. The van der Waals surface area contributed by atoms with Crippen LogP contribution < -0.4 is 10.6 Å². The molecule has 136 valence electrons. The van der Waals surface area contributed by atoms with E-state index in [1.807, 2.05) is 6.07 Å². The van der Waals surface area contributed by atoms with Crippen molar-refractivity contribution >= 4 is 23.4 Å². The van der Waals surface area contributed by atoms with Gasteiger partial charge in [-0.05, 0) is 37.1 Å². The molecule has 1 aromatic carbocycles. The number of hydrogen-bond donors (Lipinski definition) is 2. The number of aromatic nitrogens is 1. The van der Waals surface area contributed by atoms with E-state index in [2.05, 4.69) is 15.6 Å². The first-order valence-electron chi connectivity index (χ1n) is 8.88. The van der Waals surface area contributed by atoms with Crippen molar-refractivity contribution in [3.8, 4) is 0 Å². The molecule has 3 rings (SSSR count). The van der Waals surface area contributed by atoms with Crippen LogP contribution in [-0.4, -0.2) is 30.0 Å². The molecule has 0 aliphatic heterocycles. The molecule has 6 heteroatoms. The van der Waals surface area contributed by atoms with E-state index in [0.717, 1.165) is 18.7 Å². The maximum Gasteiger partial charge on any atom is 0.339 e. The van der Waals surface area contributed by atoms with Crippen molar-refractivity contribution in [2.75, 3.05) is 17.7 Å². The number of amides is 1. The number of pyridine rings is 1. The Bertz CT molecular complexity index is 768. The summed E-state index contributed by atoms with van der Waals surface area (Å²) in [4.78, 5) is 28.6. The number of esters is 1. The van der Waals surface area contributed by atoms with Crippen molar-refractivity contribution in [2.24, 2.45) is 0 Å². The van der Waals surface area contributed by atoms with Crippen LogP contribution in [-0.2, 0) is 4.74 Å². The fourth-order valence-electron chi connectivity index (χ4n) is 3.14. The second-order valence-electron chi connectivity index (χ2n) is 6.40. The molecular formula is C20H23N3O3. The van der Waals surface area contributed by atoms with Gasteiger partial charge in [0.25, 0.3) is 5.91 Å². The molecule has 1 amide bonds. The van der Waals surface area contributed by atoms with E-state index < -0.39 is 5.97 Å². The lowest BCUT2D eigenvalue weighted by Crippen LogP contribution is -2.23. The highest BCUT2D eigenvalue weighted by Gasteiger charge is 2.16. The fourth-order valence-corrected chi connectivity index (χ4v) is 3.14. The summed E-state index contributed by atoms with van der Waals surface area (Å²) in [5.74, 6) is -0.0347. The predicted octanol–water partition coefficient (Wildman–Crippen LogP) is 3.87. The number of carbonyl (C=O) groups excluding carboxylic acids is 2. The van der Waals surface area contributed by atoms with Crippen molar-refractivity contribution in [1.82, 2.24) is 4.98 Å². The number of hydrogen-bond acceptors (Lipinski definition) is 5. The van der Waals surface area contributed by atoms with Crippen LogP contribution in [0.3, 0.4) is 0 Å². The Hall–Kier alpha value is -2.89. The summed E-state index contributed by atoms with van der Waals surface area (Å²) in [7, 11) is 1.31. The van der Waals surface area contributed by atoms with Gasteiger partial charge in [0, 0.05) is 12.2 Å². The third-order valence-corrected chi connectivity index (χ3v) is 4.56. The lowest BCUT2D eigenvalue weighted by atomic mass is 9.95. The zero-order chi connectivity index (χ0) is 18.4. The molecule has 0 atom stereocenters. The molecule has 0 saturated heterocycles. The Kier molecular flexibility index (Phi) is 5.84. The number of nitrogens with one attached hydrogen (secondary N) is 2. The normalized spacial score (nSPS) is 14.5. The van der Waals surface area contributed by atoms with Crippen molar-refractivity contribution in [3.63, 3.8) is 0 Å². The zero-order valence-corrected chi connectivity index (χ0v) is 14.8. The molecule has 2 aromatic rings. The van der Waals surface area contributed by atoms with E-state index in [0.29, 0.717) is 22.9 Å². The summed E-state index contributed by atoms with van der Waals surface area (Å²) < 4.78 is 4.74. The number of methoxy groups -OCH3 is 1. The van der Waals surface area contributed by atoms with Crippen LogP contribution in [0.4, 0.5) is 11.5 Å². The summed E-state index contributed by atoms with van der Waals surface area (Å²) in [5, 5.41) is 6.17. The molecule has 1 aliphatic carbocycles. The molecule has 26 heavy (non-hydrogen) atoms. The maximum absolute atomic E-state index is 12.5. The maximum atomic E-state index is 12.5. The first-order chi connectivity index (χ1) is 12.7. The summed E-state index contributed by atoms with van der Waals surface area (Å²) >= 11 is 0. The number of ether oxygens (including phenoxy) is 1. The van der Waals surface area contributed by atoms with Gasteiger partial charge in [-0.1, -0.05) is 31.4 Å². The topological polar surface area (TPSA) is 80.3 Å². The van der Waals surface area contributed by atoms with Crippen LogP contribution >= 0.6 is 0 Å². The summed E-state index contributed by atoms with van der Waals surface area (Å²) in [6, 6.07) is 10.7. The van der Waals surface area contributed by atoms with E-state index in [1.54, 1.807) is 36.5 Å². The highest BCUT2D eigenvalue weighted by atomic mass is 16.5. The summed E-state index contributed by atoms with van der Waals surface area (Å²) in [5.41, 5.74) is 1.15. The van der Waals surface area contributed by atoms with Gasteiger partial charge >= 0.3 is 5.97 Å².